The van der Waals surface area contributed by atoms with Crippen LogP contribution in [0.25, 0.3) is 5.69 Å². The lowest BCUT2D eigenvalue weighted by atomic mass is 10.0. The molecule has 0 radical (unpaired) electrons. The summed E-state index contributed by atoms with van der Waals surface area (Å²) in [5.41, 5.74) is 1.84. The highest BCUT2D eigenvalue weighted by molar-refractivity contribution is 6.30. The Morgan fingerprint density at radius 3 is 2.49 bits per heavy atom. The quantitative estimate of drug-likeness (QED) is 0.456. The van der Waals surface area contributed by atoms with E-state index in [1.54, 1.807) is 36.4 Å². The molecule has 0 bridgehead atoms. The third kappa shape index (κ3) is 7.66. The monoisotopic (exact) mass is 507 g/mol. The first-order valence-corrected chi connectivity index (χ1v) is 11.5. The Morgan fingerprint density at radius 2 is 1.80 bits per heavy atom. The van der Waals surface area contributed by atoms with Crippen molar-refractivity contribution in [3.05, 3.63) is 77.6 Å². The number of halogens is 4. The SMILES string of the molecule is O=C(COc1cccc(Cl)c1)NC1CCN(Cc2ccn(-c3ccc(OC(F)(F)F)cc3)c2)CC1. The molecule has 0 atom stereocenters. The Kier molecular flexibility index (Phi) is 7.87. The molecule has 1 fully saturated rings. The van der Waals surface area contributed by atoms with Gasteiger partial charge in [0.05, 0.1) is 0 Å². The molecule has 0 unspecified atom stereocenters. The Hall–Kier alpha value is -3.17. The van der Waals surface area contributed by atoms with Crippen LogP contribution in [0.1, 0.15) is 18.4 Å². The van der Waals surface area contributed by atoms with E-state index >= 15 is 0 Å². The summed E-state index contributed by atoms with van der Waals surface area (Å²) in [4.78, 5) is 14.5. The number of carbonyl (C=O) groups is 1. The molecule has 1 aliphatic heterocycles. The van der Waals surface area contributed by atoms with Crippen molar-refractivity contribution in [1.29, 1.82) is 0 Å². The summed E-state index contributed by atoms with van der Waals surface area (Å²) in [6.45, 7) is 2.38. The van der Waals surface area contributed by atoms with Gasteiger partial charge in [-0.15, -0.1) is 13.2 Å². The first kappa shape index (κ1) is 24.9. The summed E-state index contributed by atoms with van der Waals surface area (Å²) < 4.78 is 48.2. The van der Waals surface area contributed by atoms with Gasteiger partial charge in [-0.25, -0.2) is 0 Å². The van der Waals surface area contributed by atoms with Gasteiger partial charge in [0.1, 0.15) is 11.5 Å². The second-order valence-electron chi connectivity index (χ2n) is 8.33. The number of alkyl halides is 3. The molecule has 186 valence electrons. The molecule has 10 heteroatoms. The molecule has 0 saturated carbocycles. The normalized spacial score (nSPS) is 15.1. The smallest absolute Gasteiger partial charge is 0.484 e. The molecule has 0 spiro atoms. The van der Waals surface area contributed by atoms with Crippen LogP contribution in [0.2, 0.25) is 5.02 Å². The van der Waals surface area contributed by atoms with E-state index in [0.717, 1.165) is 43.7 Å². The maximum atomic E-state index is 12.3. The van der Waals surface area contributed by atoms with E-state index in [9.17, 15) is 18.0 Å². The molecule has 1 amide bonds. The Labute approximate surface area is 206 Å². The van der Waals surface area contributed by atoms with Crippen LogP contribution in [0.15, 0.2) is 67.0 Å². The van der Waals surface area contributed by atoms with Crippen molar-refractivity contribution >= 4 is 17.5 Å². The van der Waals surface area contributed by atoms with Crippen molar-refractivity contribution < 1.29 is 27.4 Å². The zero-order valence-electron chi connectivity index (χ0n) is 18.8. The number of ether oxygens (including phenoxy) is 2. The van der Waals surface area contributed by atoms with E-state index in [1.807, 2.05) is 23.0 Å². The van der Waals surface area contributed by atoms with Gasteiger partial charge in [-0.2, -0.15) is 0 Å². The maximum absolute atomic E-state index is 12.3. The molecule has 0 aliphatic carbocycles. The number of nitrogens with zero attached hydrogens (tertiary/aromatic N) is 2. The third-order valence-corrected chi connectivity index (χ3v) is 5.88. The third-order valence-electron chi connectivity index (χ3n) is 5.65. The highest BCUT2D eigenvalue weighted by atomic mass is 35.5. The maximum Gasteiger partial charge on any atom is 0.573 e. The number of carbonyl (C=O) groups excluding carboxylic acids is 1. The van der Waals surface area contributed by atoms with E-state index in [1.165, 1.54) is 12.1 Å². The Morgan fingerprint density at radius 1 is 1.06 bits per heavy atom. The Bertz CT molecular complexity index is 1130. The fourth-order valence-corrected chi connectivity index (χ4v) is 4.16. The largest absolute Gasteiger partial charge is 0.573 e. The molecule has 2 heterocycles. The average Bonchev–Trinajstić information content (AvgIpc) is 3.27. The van der Waals surface area contributed by atoms with Crippen LogP contribution in [-0.4, -0.2) is 47.5 Å². The summed E-state index contributed by atoms with van der Waals surface area (Å²) in [5, 5.41) is 3.58. The topological polar surface area (TPSA) is 55.7 Å². The number of piperidine rings is 1. The lowest BCUT2D eigenvalue weighted by Gasteiger charge is -2.32. The zero-order chi connectivity index (χ0) is 24.8. The number of benzene rings is 2. The van der Waals surface area contributed by atoms with Crippen molar-refractivity contribution in [2.75, 3.05) is 19.7 Å². The molecule has 4 rings (SSSR count). The number of nitrogens with one attached hydrogen (secondary N) is 1. The molecule has 1 N–H and O–H groups in total. The van der Waals surface area contributed by atoms with E-state index in [0.29, 0.717) is 10.8 Å². The lowest BCUT2D eigenvalue weighted by molar-refractivity contribution is -0.274. The van der Waals surface area contributed by atoms with Gasteiger partial charge < -0.3 is 19.4 Å². The van der Waals surface area contributed by atoms with E-state index in [2.05, 4.69) is 15.0 Å². The summed E-state index contributed by atoms with van der Waals surface area (Å²) in [5.74, 6) is 0.145. The summed E-state index contributed by atoms with van der Waals surface area (Å²) in [7, 11) is 0. The average molecular weight is 508 g/mol. The summed E-state index contributed by atoms with van der Waals surface area (Å²) in [6, 6.07) is 14.8. The standard InChI is InChI=1S/C25H25ClF3N3O3/c26-19-2-1-3-23(14-19)34-17-24(33)30-20-9-11-31(12-10-20)15-18-8-13-32(16-18)21-4-6-22(7-5-21)35-25(27,28)29/h1-8,13-14,16,20H,9-12,15,17H2,(H,30,33). The number of aromatic nitrogens is 1. The van der Waals surface area contributed by atoms with Crippen LogP contribution >= 0.6 is 11.6 Å². The van der Waals surface area contributed by atoms with Crippen molar-refractivity contribution in [2.45, 2.75) is 31.8 Å². The number of hydrogen-bond acceptors (Lipinski definition) is 4. The van der Waals surface area contributed by atoms with Gasteiger partial charge in [-0.05, 0) is 66.9 Å². The zero-order valence-corrected chi connectivity index (χ0v) is 19.6. The first-order chi connectivity index (χ1) is 16.7. The van der Waals surface area contributed by atoms with Crippen LogP contribution in [0.3, 0.4) is 0 Å². The van der Waals surface area contributed by atoms with Crippen molar-refractivity contribution in [3.8, 4) is 17.2 Å². The second kappa shape index (κ2) is 11.0. The number of rotatable bonds is 8. The Balaban J connectivity index is 1.20. The van der Waals surface area contributed by atoms with Gasteiger partial charge >= 0.3 is 6.36 Å². The van der Waals surface area contributed by atoms with Gasteiger partial charge in [0.2, 0.25) is 0 Å². The summed E-state index contributed by atoms with van der Waals surface area (Å²) in [6.07, 6.45) is 0.806. The van der Waals surface area contributed by atoms with E-state index in [4.69, 9.17) is 16.3 Å². The van der Waals surface area contributed by atoms with E-state index < -0.39 is 6.36 Å². The van der Waals surface area contributed by atoms with Crippen LogP contribution in [0.4, 0.5) is 13.2 Å². The van der Waals surface area contributed by atoms with Gasteiger partial charge in [-0.1, -0.05) is 17.7 Å². The van der Waals surface area contributed by atoms with Crippen LogP contribution < -0.4 is 14.8 Å². The lowest BCUT2D eigenvalue weighted by Crippen LogP contribution is -2.45. The molecule has 1 aromatic heterocycles. The number of likely N-dealkylation sites (tertiary alicyclic amines) is 1. The molecule has 1 saturated heterocycles. The molecule has 1 aliphatic rings. The molecular weight excluding hydrogens is 483 g/mol. The predicted molar refractivity (Wildman–Crippen MR) is 126 cm³/mol. The van der Waals surface area contributed by atoms with Crippen LogP contribution in [-0.2, 0) is 11.3 Å². The van der Waals surface area contributed by atoms with Crippen LogP contribution in [0.5, 0.6) is 11.5 Å². The van der Waals surface area contributed by atoms with Crippen LogP contribution in [0, 0.1) is 0 Å². The summed E-state index contributed by atoms with van der Waals surface area (Å²) >= 11 is 5.92. The van der Waals surface area contributed by atoms with Gasteiger partial charge in [0.25, 0.3) is 5.91 Å². The minimum atomic E-state index is -4.71. The highest BCUT2D eigenvalue weighted by Gasteiger charge is 2.31. The van der Waals surface area contributed by atoms with Crippen molar-refractivity contribution in [1.82, 2.24) is 14.8 Å². The fourth-order valence-electron chi connectivity index (χ4n) is 3.98. The first-order valence-electron chi connectivity index (χ1n) is 11.2. The number of amides is 1. The van der Waals surface area contributed by atoms with E-state index in [-0.39, 0.29) is 24.3 Å². The van der Waals surface area contributed by atoms with Gasteiger partial charge in [-0.3, -0.25) is 9.69 Å². The molecular formula is C25H25ClF3N3O3. The second-order valence-corrected chi connectivity index (χ2v) is 8.77. The molecule has 35 heavy (non-hydrogen) atoms. The molecule has 3 aromatic rings. The fraction of sp³-hybridized carbons (Fsp3) is 0.320. The van der Waals surface area contributed by atoms with Gasteiger partial charge in [0, 0.05) is 48.8 Å². The molecule has 6 nitrogen and oxygen atoms in total. The minimum absolute atomic E-state index is 0.0582. The highest BCUT2D eigenvalue weighted by Crippen LogP contribution is 2.24. The number of hydrogen-bond donors (Lipinski definition) is 1. The van der Waals surface area contributed by atoms with Crippen molar-refractivity contribution in [3.63, 3.8) is 0 Å². The van der Waals surface area contributed by atoms with Gasteiger partial charge in [0.15, 0.2) is 6.61 Å². The minimum Gasteiger partial charge on any atom is -0.484 e. The van der Waals surface area contributed by atoms with Crippen molar-refractivity contribution in [2.24, 2.45) is 0 Å². The predicted octanol–water partition coefficient (Wildman–Crippen LogP) is 5.19. The molecule has 2 aromatic carbocycles.